The first kappa shape index (κ1) is 38.2. The van der Waals surface area contributed by atoms with Gasteiger partial charge in [0.2, 0.25) is 0 Å². The number of pyridine rings is 1. The number of fused-ring (bicyclic) bond motifs is 1. The summed E-state index contributed by atoms with van der Waals surface area (Å²) in [7, 11) is 0. The van der Waals surface area contributed by atoms with Crippen molar-refractivity contribution in [3.05, 3.63) is 112 Å². The van der Waals surface area contributed by atoms with Crippen molar-refractivity contribution in [2.75, 3.05) is 31.6 Å². The van der Waals surface area contributed by atoms with Gasteiger partial charge in [-0.2, -0.15) is 5.10 Å². The Balaban J connectivity index is 1.04. The molecule has 2 fully saturated rings. The molecule has 10 nitrogen and oxygen atoms in total. The Bertz CT molecular complexity index is 2150. The van der Waals surface area contributed by atoms with Gasteiger partial charge in [-0.3, -0.25) is 14.5 Å². The fraction of sp³-hybridized carbons (Fsp3) is 0.409. The monoisotopic (exact) mass is 745 g/mol. The molecule has 0 bridgehead atoms. The highest BCUT2D eigenvalue weighted by atomic mass is 19.1. The SMILES string of the molecule is CCc1nc2c(cnn2CC)c(NC2CCOCC2)c1CNC(=O)c1cc(C)cc(C(=O)NCc2ccc(F)c(-c3cccc(CN4CCCCC4)c3)c2)c1. The van der Waals surface area contributed by atoms with Crippen molar-refractivity contribution in [1.29, 1.82) is 0 Å². The van der Waals surface area contributed by atoms with Crippen molar-refractivity contribution in [3.63, 3.8) is 0 Å². The van der Waals surface area contributed by atoms with E-state index in [1.165, 1.54) is 25.3 Å². The molecule has 11 heteroatoms. The van der Waals surface area contributed by atoms with Gasteiger partial charge in [0.15, 0.2) is 5.65 Å². The van der Waals surface area contributed by atoms with Crippen molar-refractivity contribution in [2.45, 2.75) is 91.5 Å². The van der Waals surface area contributed by atoms with Gasteiger partial charge in [-0.25, -0.2) is 14.1 Å². The molecule has 0 atom stereocenters. The highest BCUT2D eigenvalue weighted by molar-refractivity contribution is 6.00. The number of aromatic nitrogens is 3. The molecule has 7 rings (SSSR count). The van der Waals surface area contributed by atoms with Crippen LogP contribution in [0.1, 0.15) is 94.6 Å². The minimum absolute atomic E-state index is 0.210. The lowest BCUT2D eigenvalue weighted by atomic mass is 9.99. The van der Waals surface area contributed by atoms with Crippen LogP contribution in [-0.2, 0) is 37.3 Å². The van der Waals surface area contributed by atoms with E-state index in [9.17, 15) is 9.59 Å². The molecule has 0 saturated carbocycles. The summed E-state index contributed by atoms with van der Waals surface area (Å²) in [4.78, 5) is 34.7. The fourth-order valence-electron chi connectivity index (χ4n) is 7.82. The third-order valence-electron chi connectivity index (χ3n) is 10.8. The summed E-state index contributed by atoms with van der Waals surface area (Å²) in [6.07, 6.45) is 8.04. The van der Waals surface area contributed by atoms with E-state index < -0.39 is 0 Å². The quantitative estimate of drug-likeness (QED) is 0.114. The van der Waals surface area contributed by atoms with Crippen LogP contribution in [-0.4, -0.2) is 63.8 Å². The number of aryl methyl sites for hydroxylation is 3. The first-order chi connectivity index (χ1) is 26.8. The molecule has 2 aromatic heterocycles. The molecule has 0 spiro atoms. The van der Waals surface area contributed by atoms with Crippen LogP contribution in [0.15, 0.2) is 66.9 Å². The van der Waals surface area contributed by atoms with Gasteiger partial charge in [-0.05, 0) is 118 Å². The maximum Gasteiger partial charge on any atom is 0.251 e. The molecule has 0 unspecified atom stereocenters. The summed E-state index contributed by atoms with van der Waals surface area (Å²) in [6.45, 7) is 11.6. The zero-order valence-electron chi connectivity index (χ0n) is 32.2. The highest BCUT2D eigenvalue weighted by Crippen LogP contribution is 2.32. The van der Waals surface area contributed by atoms with Gasteiger partial charge in [0.25, 0.3) is 11.8 Å². The molecule has 5 aromatic rings. The zero-order valence-corrected chi connectivity index (χ0v) is 32.2. The first-order valence-electron chi connectivity index (χ1n) is 19.8. The fourth-order valence-corrected chi connectivity index (χ4v) is 7.82. The minimum atomic E-state index is -0.314. The molecule has 2 saturated heterocycles. The van der Waals surface area contributed by atoms with Crippen molar-refractivity contribution in [3.8, 4) is 11.1 Å². The highest BCUT2D eigenvalue weighted by Gasteiger charge is 2.23. The smallest absolute Gasteiger partial charge is 0.251 e. The van der Waals surface area contributed by atoms with E-state index in [0.29, 0.717) is 42.9 Å². The predicted molar refractivity (Wildman–Crippen MR) is 215 cm³/mol. The number of anilines is 1. The number of benzene rings is 3. The standard InChI is InChI=1S/C44H52FN7O3/c1-4-40-37(41(49-35-14-18-55-19-15-35)38-27-48-52(5-2)42(38)50-40)26-47-44(54)34-21-29(3)20-33(24-34)43(53)46-25-30-12-13-39(45)36(23-30)32-11-9-10-31(22-32)28-51-16-7-6-8-17-51/h9-13,20-24,27,35H,4-8,14-19,25-26,28H2,1-3H3,(H,46,53)(H,47,54)(H,49,50). The first-order valence-corrected chi connectivity index (χ1v) is 19.8. The van der Waals surface area contributed by atoms with E-state index in [-0.39, 0.29) is 36.8 Å². The van der Waals surface area contributed by atoms with Gasteiger partial charge >= 0.3 is 0 Å². The average Bonchev–Trinajstić information content (AvgIpc) is 3.63. The van der Waals surface area contributed by atoms with E-state index in [1.54, 1.807) is 30.3 Å². The third-order valence-corrected chi connectivity index (χ3v) is 10.8. The third kappa shape index (κ3) is 9.06. The summed E-state index contributed by atoms with van der Waals surface area (Å²) in [5.41, 5.74) is 8.44. The molecule has 0 radical (unpaired) electrons. The molecular weight excluding hydrogens is 694 g/mol. The number of hydrogen-bond acceptors (Lipinski definition) is 7. The second kappa shape index (κ2) is 17.6. The second-order valence-corrected chi connectivity index (χ2v) is 14.8. The topological polar surface area (TPSA) is 113 Å². The van der Waals surface area contributed by atoms with Crippen molar-refractivity contribution in [1.82, 2.24) is 30.3 Å². The van der Waals surface area contributed by atoms with Crippen LogP contribution < -0.4 is 16.0 Å². The van der Waals surface area contributed by atoms with E-state index in [4.69, 9.17) is 9.72 Å². The lowest BCUT2D eigenvalue weighted by Crippen LogP contribution is -2.30. The summed E-state index contributed by atoms with van der Waals surface area (Å²) in [5, 5.41) is 15.4. The molecule has 288 valence electrons. The number of nitrogens with zero attached hydrogens (tertiary/aromatic N) is 4. The number of carbonyl (C=O) groups is 2. The number of amides is 2. The van der Waals surface area contributed by atoms with Crippen LogP contribution in [0.4, 0.5) is 10.1 Å². The molecular formula is C44H52FN7O3. The molecule has 3 aromatic carbocycles. The minimum Gasteiger partial charge on any atom is -0.381 e. The van der Waals surface area contributed by atoms with Crippen LogP contribution >= 0.6 is 0 Å². The van der Waals surface area contributed by atoms with Crippen molar-refractivity contribution in [2.24, 2.45) is 0 Å². The van der Waals surface area contributed by atoms with Crippen molar-refractivity contribution >= 4 is 28.5 Å². The van der Waals surface area contributed by atoms with Gasteiger partial charge in [0, 0.05) is 73.4 Å². The van der Waals surface area contributed by atoms with Gasteiger partial charge in [-0.1, -0.05) is 37.6 Å². The Labute approximate surface area is 322 Å². The molecule has 4 heterocycles. The van der Waals surface area contributed by atoms with Crippen molar-refractivity contribution < 1.29 is 18.7 Å². The van der Waals surface area contributed by atoms with Crippen LogP contribution in [0.2, 0.25) is 0 Å². The Kier molecular flexibility index (Phi) is 12.2. The Morgan fingerprint density at radius 1 is 0.891 bits per heavy atom. The largest absolute Gasteiger partial charge is 0.381 e. The number of hydrogen-bond donors (Lipinski definition) is 3. The van der Waals surface area contributed by atoms with E-state index >= 15 is 4.39 Å². The number of nitrogens with one attached hydrogen (secondary N) is 3. The summed E-state index contributed by atoms with van der Waals surface area (Å²) in [6, 6.07) is 18.5. The van der Waals surface area contributed by atoms with Crippen LogP contribution in [0, 0.1) is 12.7 Å². The number of piperidine rings is 1. The van der Waals surface area contributed by atoms with Gasteiger partial charge in [0.1, 0.15) is 5.82 Å². The Hall–Kier alpha value is -5.13. The molecule has 3 N–H and O–H groups in total. The van der Waals surface area contributed by atoms with E-state index in [0.717, 1.165) is 82.7 Å². The summed E-state index contributed by atoms with van der Waals surface area (Å²) >= 11 is 0. The van der Waals surface area contributed by atoms with Crippen LogP contribution in [0.5, 0.6) is 0 Å². The van der Waals surface area contributed by atoms with Gasteiger partial charge in [0.05, 0.1) is 17.3 Å². The van der Waals surface area contributed by atoms with Gasteiger partial charge < -0.3 is 20.7 Å². The Morgan fingerprint density at radius 2 is 1.64 bits per heavy atom. The summed E-state index contributed by atoms with van der Waals surface area (Å²) in [5.74, 6) is -0.901. The van der Waals surface area contributed by atoms with Crippen LogP contribution in [0.25, 0.3) is 22.2 Å². The lowest BCUT2D eigenvalue weighted by Gasteiger charge is -2.26. The number of ether oxygens (including phenoxy) is 1. The van der Waals surface area contributed by atoms with Crippen LogP contribution in [0.3, 0.4) is 0 Å². The lowest BCUT2D eigenvalue weighted by molar-refractivity contribution is 0.0904. The normalized spacial score (nSPS) is 15.3. The van der Waals surface area contributed by atoms with E-state index in [2.05, 4.69) is 45.0 Å². The predicted octanol–water partition coefficient (Wildman–Crippen LogP) is 7.56. The number of halogens is 1. The molecule has 2 aliphatic heterocycles. The summed E-state index contributed by atoms with van der Waals surface area (Å²) < 4.78 is 22.7. The average molecular weight is 746 g/mol. The maximum atomic E-state index is 15.1. The second-order valence-electron chi connectivity index (χ2n) is 14.8. The maximum absolute atomic E-state index is 15.1. The molecule has 2 amide bonds. The zero-order chi connectivity index (χ0) is 38.3. The number of likely N-dealkylation sites (tertiary alicyclic amines) is 1. The number of rotatable bonds is 13. The van der Waals surface area contributed by atoms with Gasteiger partial charge in [-0.15, -0.1) is 0 Å². The van der Waals surface area contributed by atoms with E-state index in [1.807, 2.05) is 36.9 Å². The number of carbonyl (C=O) groups excluding carboxylic acids is 2. The molecule has 55 heavy (non-hydrogen) atoms. The molecule has 0 aliphatic carbocycles. The molecule has 2 aliphatic rings. The Morgan fingerprint density at radius 3 is 2.36 bits per heavy atom.